The Kier molecular flexibility index (Phi) is 4.26. The van der Waals surface area contributed by atoms with E-state index in [0.717, 1.165) is 23.5 Å². The van der Waals surface area contributed by atoms with Crippen molar-refractivity contribution in [2.75, 3.05) is 13.7 Å². The van der Waals surface area contributed by atoms with E-state index in [1.807, 2.05) is 18.2 Å². The van der Waals surface area contributed by atoms with E-state index < -0.39 is 0 Å². The maximum Gasteiger partial charge on any atom is 0.161 e. The smallest absolute Gasteiger partial charge is 0.161 e. The quantitative estimate of drug-likeness (QED) is 0.781. The van der Waals surface area contributed by atoms with Crippen LogP contribution in [0.3, 0.4) is 0 Å². The van der Waals surface area contributed by atoms with Crippen molar-refractivity contribution in [3.63, 3.8) is 0 Å². The van der Waals surface area contributed by atoms with Gasteiger partial charge in [-0.3, -0.25) is 0 Å². The van der Waals surface area contributed by atoms with Gasteiger partial charge in [0, 0.05) is 6.54 Å². The van der Waals surface area contributed by atoms with Crippen LogP contribution in [0.25, 0.3) is 0 Å². The summed E-state index contributed by atoms with van der Waals surface area (Å²) in [4.78, 5) is 0. The van der Waals surface area contributed by atoms with Crippen LogP contribution in [0, 0.1) is 0 Å². The summed E-state index contributed by atoms with van der Waals surface area (Å²) in [6.07, 6.45) is 0.988. The summed E-state index contributed by atoms with van der Waals surface area (Å²) in [5.41, 5.74) is 6.57. The van der Waals surface area contributed by atoms with Crippen LogP contribution in [0.5, 0.6) is 11.5 Å². The second-order valence-corrected chi connectivity index (χ2v) is 3.04. The minimum Gasteiger partial charge on any atom is -0.493 e. The highest BCUT2D eigenvalue weighted by Crippen LogP contribution is 2.27. The van der Waals surface area contributed by atoms with Crippen LogP contribution in [0.15, 0.2) is 18.2 Å². The number of hydrogen-bond acceptors (Lipinski definition) is 3. The highest BCUT2D eigenvalue weighted by atomic mass is 16.5. The molecular formula is C11H17NO2. The Labute approximate surface area is 84.8 Å². The second-order valence-electron chi connectivity index (χ2n) is 3.04. The summed E-state index contributed by atoms with van der Waals surface area (Å²) in [5.74, 6) is 1.54. The topological polar surface area (TPSA) is 44.5 Å². The fourth-order valence-corrected chi connectivity index (χ4v) is 1.17. The molecule has 0 heterocycles. The Morgan fingerprint density at radius 1 is 1.29 bits per heavy atom. The molecule has 78 valence electrons. The zero-order chi connectivity index (χ0) is 10.4. The van der Waals surface area contributed by atoms with Crippen LogP contribution in [0.1, 0.15) is 18.9 Å². The summed E-state index contributed by atoms with van der Waals surface area (Å²) < 4.78 is 10.7. The SMILES string of the molecule is CCCOc1ccc(CN)cc1OC. The van der Waals surface area contributed by atoms with Gasteiger partial charge in [0.2, 0.25) is 0 Å². The van der Waals surface area contributed by atoms with Gasteiger partial charge in [0.25, 0.3) is 0 Å². The van der Waals surface area contributed by atoms with E-state index in [2.05, 4.69) is 6.92 Å². The lowest BCUT2D eigenvalue weighted by molar-refractivity contribution is 0.294. The molecule has 3 heteroatoms. The summed E-state index contributed by atoms with van der Waals surface area (Å²) >= 11 is 0. The van der Waals surface area contributed by atoms with Crippen molar-refractivity contribution in [1.82, 2.24) is 0 Å². The van der Waals surface area contributed by atoms with E-state index in [-0.39, 0.29) is 0 Å². The normalized spacial score (nSPS) is 9.93. The van der Waals surface area contributed by atoms with Gasteiger partial charge < -0.3 is 15.2 Å². The molecule has 3 nitrogen and oxygen atoms in total. The molecule has 0 spiro atoms. The lowest BCUT2D eigenvalue weighted by atomic mass is 10.2. The Morgan fingerprint density at radius 2 is 2.07 bits per heavy atom. The molecule has 0 bridgehead atoms. The standard InChI is InChI=1S/C11H17NO2/c1-3-6-14-10-5-4-9(8-12)7-11(10)13-2/h4-5,7H,3,6,8,12H2,1-2H3. The van der Waals surface area contributed by atoms with Crippen molar-refractivity contribution in [2.24, 2.45) is 5.73 Å². The molecule has 0 saturated carbocycles. The fraction of sp³-hybridized carbons (Fsp3) is 0.455. The van der Waals surface area contributed by atoms with E-state index in [0.29, 0.717) is 13.2 Å². The molecule has 0 aliphatic heterocycles. The van der Waals surface area contributed by atoms with Crippen molar-refractivity contribution in [3.8, 4) is 11.5 Å². The average Bonchev–Trinajstić information content (AvgIpc) is 2.26. The van der Waals surface area contributed by atoms with Crippen molar-refractivity contribution >= 4 is 0 Å². The van der Waals surface area contributed by atoms with Gasteiger partial charge in [-0.05, 0) is 24.1 Å². The van der Waals surface area contributed by atoms with Crippen LogP contribution in [0.2, 0.25) is 0 Å². The van der Waals surface area contributed by atoms with E-state index in [9.17, 15) is 0 Å². The summed E-state index contributed by atoms with van der Waals surface area (Å²) in [7, 11) is 1.63. The fourth-order valence-electron chi connectivity index (χ4n) is 1.17. The third-order valence-corrected chi connectivity index (χ3v) is 1.93. The van der Waals surface area contributed by atoms with E-state index in [1.165, 1.54) is 0 Å². The number of methoxy groups -OCH3 is 1. The average molecular weight is 195 g/mol. The molecule has 0 aromatic heterocycles. The Balaban J connectivity index is 2.82. The second kappa shape index (κ2) is 5.50. The minimum atomic E-state index is 0.518. The highest BCUT2D eigenvalue weighted by Gasteiger charge is 2.04. The van der Waals surface area contributed by atoms with Crippen LogP contribution >= 0.6 is 0 Å². The number of rotatable bonds is 5. The third kappa shape index (κ3) is 2.64. The van der Waals surface area contributed by atoms with Crippen molar-refractivity contribution in [2.45, 2.75) is 19.9 Å². The molecule has 0 saturated heterocycles. The third-order valence-electron chi connectivity index (χ3n) is 1.93. The van der Waals surface area contributed by atoms with Crippen molar-refractivity contribution in [1.29, 1.82) is 0 Å². The molecule has 0 unspecified atom stereocenters. The van der Waals surface area contributed by atoms with Crippen LogP contribution in [-0.2, 0) is 6.54 Å². The molecule has 2 N–H and O–H groups in total. The van der Waals surface area contributed by atoms with Gasteiger partial charge in [0.05, 0.1) is 13.7 Å². The van der Waals surface area contributed by atoms with Gasteiger partial charge in [0.1, 0.15) is 0 Å². The molecule has 1 aromatic carbocycles. The highest BCUT2D eigenvalue weighted by molar-refractivity contribution is 5.42. The first kappa shape index (κ1) is 10.9. The molecule has 1 aromatic rings. The molecular weight excluding hydrogens is 178 g/mol. The number of ether oxygens (including phenoxy) is 2. The van der Waals surface area contributed by atoms with Gasteiger partial charge in [-0.15, -0.1) is 0 Å². The van der Waals surface area contributed by atoms with Crippen LogP contribution < -0.4 is 15.2 Å². The van der Waals surface area contributed by atoms with Crippen molar-refractivity contribution in [3.05, 3.63) is 23.8 Å². The largest absolute Gasteiger partial charge is 0.493 e. The first-order chi connectivity index (χ1) is 6.81. The van der Waals surface area contributed by atoms with Gasteiger partial charge in [-0.2, -0.15) is 0 Å². The van der Waals surface area contributed by atoms with Crippen molar-refractivity contribution < 1.29 is 9.47 Å². The molecule has 0 aliphatic rings. The zero-order valence-electron chi connectivity index (χ0n) is 8.75. The number of nitrogens with two attached hydrogens (primary N) is 1. The maximum absolute atomic E-state index is 5.53. The number of benzene rings is 1. The van der Waals surface area contributed by atoms with Gasteiger partial charge >= 0.3 is 0 Å². The van der Waals surface area contributed by atoms with Crippen LogP contribution in [0.4, 0.5) is 0 Å². The predicted molar refractivity (Wildman–Crippen MR) is 56.7 cm³/mol. The molecule has 0 radical (unpaired) electrons. The maximum atomic E-state index is 5.53. The molecule has 1 rings (SSSR count). The molecule has 0 amide bonds. The zero-order valence-corrected chi connectivity index (χ0v) is 8.75. The first-order valence-corrected chi connectivity index (χ1v) is 4.81. The van der Waals surface area contributed by atoms with E-state index in [4.69, 9.17) is 15.2 Å². The molecule has 0 fully saturated rings. The monoisotopic (exact) mass is 195 g/mol. The molecule has 0 aliphatic carbocycles. The lowest BCUT2D eigenvalue weighted by Gasteiger charge is -2.10. The Hall–Kier alpha value is -1.22. The van der Waals surface area contributed by atoms with E-state index >= 15 is 0 Å². The van der Waals surface area contributed by atoms with Crippen LogP contribution in [-0.4, -0.2) is 13.7 Å². The van der Waals surface area contributed by atoms with E-state index in [1.54, 1.807) is 7.11 Å². The first-order valence-electron chi connectivity index (χ1n) is 4.81. The van der Waals surface area contributed by atoms with Gasteiger partial charge in [0.15, 0.2) is 11.5 Å². The Bertz CT molecular complexity index is 287. The number of hydrogen-bond donors (Lipinski definition) is 1. The van der Waals surface area contributed by atoms with Gasteiger partial charge in [-0.1, -0.05) is 13.0 Å². The predicted octanol–water partition coefficient (Wildman–Crippen LogP) is 1.94. The van der Waals surface area contributed by atoms with Gasteiger partial charge in [-0.25, -0.2) is 0 Å². The lowest BCUT2D eigenvalue weighted by Crippen LogP contribution is -2.00. The molecule has 14 heavy (non-hydrogen) atoms. The summed E-state index contributed by atoms with van der Waals surface area (Å²) in [6.45, 7) is 3.30. The Morgan fingerprint density at radius 3 is 2.64 bits per heavy atom. The molecule has 0 atom stereocenters. The summed E-state index contributed by atoms with van der Waals surface area (Å²) in [6, 6.07) is 5.76. The summed E-state index contributed by atoms with van der Waals surface area (Å²) in [5, 5.41) is 0. The minimum absolute atomic E-state index is 0.518.